The molecular formula is C15H18O4. The van der Waals surface area contributed by atoms with Crippen molar-refractivity contribution in [2.24, 2.45) is 5.92 Å². The second-order valence-corrected chi connectivity index (χ2v) is 4.38. The van der Waals surface area contributed by atoms with Gasteiger partial charge in [-0.3, -0.25) is 14.4 Å². The third-order valence-corrected chi connectivity index (χ3v) is 2.84. The molecule has 0 aliphatic rings. The van der Waals surface area contributed by atoms with Gasteiger partial charge in [0.2, 0.25) is 0 Å². The normalized spacial score (nSPS) is 11.7. The molecule has 102 valence electrons. The quantitative estimate of drug-likeness (QED) is 0.448. The van der Waals surface area contributed by atoms with Crippen molar-refractivity contribution in [3.05, 3.63) is 35.4 Å². The van der Waals surface area contributed by atoms with Gasteiger partial charge in [0.1, 0.15) is 11.7 Å². The molecule has 0 N–H and O–H groups in total. The van der Waals surface area contributed by atoms with Crippen molar-refractivity contribution in [2.45, 2.75) is 27.2 Å². The van der Waals surface area contributed by atoms with Crippen LogP contribution in [0.1, 0.15) is 36.7 Å². The molecule has 4 heteroatoms. The van der Waals surface area contributed by atoms with Crippen molar-refractivity contribution in [1.82, 2.24) is 0 Å². The lowest BCUT2D eigenvalue weighted by Gasteiger charge is -2.13. The zero-order chi connectivity index (χ0) is 14.4. The summed E-state index contributed by atoms with van der Waals surface area (Å²) in [5, 5.41) is 0. The molecule has 0 saturated carbocycles. The summed E-state index contributed by atoms with van der Waals surface area (Å²) in [6.07, 6.45) is 0.259. The van der Waals surface area contributed by atoms with Crippen LogP contribution in [0.25, 0.3) is 0 Å². The molecule has 0 aromatic heterocycles. The van der Waals surface area contributed by atoms with E-state index in [1.54, 1.807) is 31.2 Å². The predicted octanol–water partition coefficient (Wildman–Crippen LogP) is 2.20. The molecule has 19 heavy (non-hydrogen) atoms. The number of esters is 1. The fourth-order valence-corrected chi connectivity index (χ4v) is 1.79. The first-order chi connectivity index (χ1) is 8.95. The second-order valence-electron chi connectivity index (χ2n) is 4.38. The topological polar surface area (TPSA) is 60.4 Å². The molecule has 0 aliphatic carbocycles. The van der Waals surface area contributed by atoms with E-state index < -0.39 is 11.9 Å². The van der Waals surface area contributed by atoms with Gasteiger partial charge in [-0.1, -0.05) is 18.2 Å². The van der Waals surface area contributed by atoms with Crippen molar-refractivity contribution >= 4 is 17.5 Å². The predicted molar refractivity (Wildman–Crippen MR) is 71.0 cm³/mol. The minimum absolute atomic E-state index is 0.0441. The van der Waals surface area contributed by atoms with Crippen LogP contribution in [0.3, 0.4) is 0 Å². The molecule has 0 spiro atoms. The Morgan fingerprint density at radius 2 is 1.89 bits per heavy atom. The molecule has 0 bridgehead atoms. The van der Waals surface area contributed by atoms with E-state index in [9.17, 15) is 14.4 Å². The fourth-order valence-electron chi connectivity index (χ4n) is 1.79. The number of rotatable bonds is 6. The first-order valence-corrected chi connectivity index (χ1v) is 6.22. The molecule has 1 rings (SSSR count). The maximum absolute atomic E-state index is 11.7. The third-order valence-electron chi connectivity index (χ3n) is 2.84. The molecule has 0 amide bonds. The Bertz CT molecular complexity index is 491. The maximum Gasteiger partial charge on any atom is 0.316 e. The zero-order valence-electron chi connectivity index (χ0n) is 11.4. The molecule has 0 fully saturated rings. The average molecular weight is 262 g/mol. The highest BCUT2D eigenvalue weighted by molar-refractivity contribution is 5.98. The van der Waals surface area contributed by atoms with Gasteiger partial charge in [-0.2, -0.15) is 0 Å². The van der Waals surface area contributed by atoms with Crippen LogP contribution in [0.4, 0.5) is 0 Å². The molecular weight excluding hydrogens is 244 g/mol. The number of hydrogen-bond acceptors (Lipinski definition) is 4. The Balaban J connectivity index is 2.91. The first-order valence-electron chi connectivity index (χ1n) is 6.22. The van der Waals surface area contributed by atoms with E-state index in [-0.39, 0.29) is 24.6 Å². The number of ketones is 2. The first kappa shape index (κ1) is 15.1. The molecule has 1 atom stereocenters. The number of ether oxygens (including phenoxy) is 1. The van der Waals surface area contributed by atoms with Crippen molar-refractivity contribution in [3.8, 4) is 0 Å². The van der Waals surface area contributed by atoms with Crippen molar-refractivity contribution in [3.63, 3.8) is 0 Å². The van der Waals surface area contributed by atoms with E-state index >= 15 is 0 Å². The summed E-state index contributed by atoms with van der Waals surface area (Å²) >= 11 is 0. The molecule has 0 heterocycles. The lowest BCUT2D eigenvalue weighted by Crippen LogP contribution is -2.26. The number of hydrogen-bond donors (Lipinski definition) is 0. The summed E-state index contributed by atoms with van der Waals surface area (Å²) in [6.45, 7) is 4.80. The van der Waals surface area contributed by atoms with Gasteiger partial charge in [-0.15, -0.1) is 0 Å². The van der Waals surface area contributed by atoms with Gasteiger partial charge in [0.25, 0.3) is 0 Å². The van der Waals surface area contributed by atoms with Crippen molar-refractivity contribution in [1.29, 1.82) is 0 Å². The van der Waals surface area contributed by atoms with E-state index in [0.717, 1.165) is 5.56 Å². The summed E-state index contributed by atoms with van der Waals surface area (Å²) in [5.41, 5.74) is 1.35. The lowest BCUT2D eigenvalue weighted by molar-refractivity contribution is -0.151. The summed E-state index contributed by atoms with van der Waals surface area (Å²) in [7, 11) is 0. The summed E-state index contributed by atoms with van der Waals surface area (Å²) in [5.74, 6) is -1.59. The number of Topliss-reactive ketones (excluding diaryl/α,β-unsaturated/α-hetero) is 2. The SMILES string of the molecule is CCOC(=O)C(Cc1cccc(C(C)=O)c1)C(C)=O. The van der Waals surface area contributed by atoms with Crippen molar-refractivity contribution < 1.29 is 19.1 Å². The van der Waals surface area contributed by atoms with Gasteiger partial charge in [-0.25, -0.2) is 0 Å². The van der Waals surface area contributed by atoms with Gasteiger partial charge in [0, 0.05) is 5.56 Å². The van der Waals surface area contributed by atoms with Crippen molar-refractivity contribution in [2.75, 3.05) is 6.61 Å². The lowest BCUT2D eigenvalue weighted by atomic mass is 9.94. The Labute approximate surface area is 112 Å². The van der Waals surface area contributed by atoms with E-state index in [2.05, 4.69) is 0 Å². The van der Waals surface area contributed by atoms with Gasteiger partial charge in [-0.05, 0) is 38.8 Å². The maximum atomic E-state index is 11.7. The zero-order valence-corrected chi connectivity index (χ0v) is 11.4. The Morgan fingerprint density at radius 1 is 1.21 bits per heavy atom. The van der Waals surface area contributed by atoms with Gasteiger partial charge in [0.05, 0.1) is 6.61 Å². The minimum atomic E-state index is -0.804. The molecule has 1 aromatic carbocycles. The standard InChI is InChI=1S/C15H18O4/c1-4-19-15(18)14(11(3)17)9-12-6-5-7-13(8-12)10(2)16/h5-8,14H,4,9H2,1-3H3. The minimum Gasteiger partial charge on any atom is -0.465 e. The van der Waals surface area contributed by atoms with E-state index in [0.29, 0.717) is 5.56 Å². The number of carbonyl (C=O) groups is 3. The van der Waals surface area contributed by atoms with Crippen LogP contribution in [0.5, 0.6) is 0 Å². The van der Waals surface area contributed by atoms with Crippen LogP contribution in [0, 0.1) is 5.92 Å². The van der Waals surface area contributed by atoms with Crippen LogP contribution < -0.4 is 0 Å². The Morgan fingerprint density at radius 3 is 2.42 bits per heavy atom. The average Bonchev–Trinajstić information content (AvgIpc) is 2.36. The molecule has 4 nitrogen and oxygen atoms in total. The fraction of sp³-hybridized carbons (Fsp3) is 0.400. The highest BCUT2D eigenvalue weighted by Crippen LogP contribution is 2.14. The molecule has 0 radical (unpaired) electrons. The van der Waals surface area contributed by atoms with E-state index in [1.807, 2.05) is 0 Å². The molecule has 1 unspecified atom stereocenters. The number of benzene rings is 1. The summed E-state index contributed by atoms with van der Waals surface area (Å²) < 4.78 is 4.89. The summed E-state index contributed by atoms with van der Waals surface area (Å²) in [6, 6.07) is 6.95. The van der Waals surface area contributed by atoms with E-state index in [1.165, 1.54) is 13.8 Å². The van der Waals surface area contributed by atoms with Gasteiger partial charge >= 0.3 is 5.97 Å². The molecule has 0 aliphatic heterocycles. The third kappa shape index (κ3) is 4.32. The highest BCUT2D eigenvalue weighted by atomic mass is 16.5. The highest BCUT2D eigenvalue weighted by Gasteiger charge is 2.25. The smallest absolute Gasteiger partial charge is 0.316 e. The van der Waals surface area contributed by atoms with Gasteiger partial charge in [0.15, 0.2) is 5.78 Å². The van der Waals surface area contributed by atoms with Gasteiger partial charge < -0.3 is 4.74 Å². The monoisotopic (exact) mass is 262 g/mol. The Kier molecular flexibility index (Phi) is 5.42. The van der Waals surface area contributed by atoms with E-state index in [4.69, 9.17) is 4.74 Å². The largest absolute Gasteiger partial charge is 0.465 e. The molecule has 1 aromatic rings. The Hall–Kier alpha value is -1.97. The van der Waals surface area contributed by atoms with Crippen LogP contribution in [0.15, 0.2) is 24.3 Å². The molecule has 0 saturated heterocycles. The van der Waals surface area contributed by atoms with Crippen LogP contribution in [-0.4, -0.2) is 24.1 Å². The van der Waals surface area contributed by atoms with Crippen LogP contribution in [0.2, 0.25) is 0 Å². The second kappa shape index (κ2) is 6.83. The van der Waals surface area contributed by atoms with Crippen LogP contribution in [-0.2, 0) is 20.7 Å². The van der Waals surface area contributed by atoms with Crippen LogP contribution >= 0.6 is 0 Å². The summed E-state index contributed by atoms with van der Waals surface area (Å²) in [4.78, 5) is 34.5. The number of carbonyl (C=O) groups excluding carboxylic acids is 3.